The molecule has 0 aliphatic heterocycles. The van der Waals surface area contributed by atoms with E-state index >= 15 is 0 Å². The molecule has 0 aliphatic carbocycles. The Morgan fingerprint density at radius 1 is 1.18 bits per heavy atom. The van der Waals surface area contributed by atoms with E-state index in [1.54, 1.807) is 12.1 Å². The SMILES string of the molecule is O=C(NCCCCC[N+](=O)[O-])c1ccccc1. The van der Waals surface area contributed by atoms with Crippen molar-refractivity contribution in [3.05, 3.63) is 46.0 Å². The van der Waals surface area contributed by atoms with E-state index in [0.29, 0.717) is 18.5 Å². The van der Waals surface area contributed by atoms with Gasteiger partial charge in [-0.2, -0.15) is 0 Å². The minimum atomic E-state index is -0.317. The van der Waals surface area contributed by atoms with Gasteiger partial charge in [0.1, 0.15) is 0 Å². The second-order valence-electron chi connectivity index (χ2n) is 3.74. The summed E-state index contributed by atoms with van der Waals surface area (Å²) in [6.45, 7) is 0.568. The first kappa shape index (κ1) is 13.2. The van der Waals surface area contributed by atoms with E-state index in [2.05, 4.69) is 5.32 Å². The van der Waals surface area contributed by atoms with Crippen molar-refractivity contribution in [3.8, 4) is 0 Å². The minimum absolute atomic E-state index is 0.00658. The number of nitrogens with zero attached hydrogens (tertiary/aromatic N) is 1. The Kier molecular flexibility index (Phi) is 5.71. The third-order valence-electron chi connectivity index (χ3n) is 2.34. The van der Waals surface area contributed by atoms with Gasteiger partial charge in [-0.3, -0.25) is 14.9 Å². The smallest absolute Gasteiger partial charge is 0.251 e. The topological polar surface area (TPSA) is 72.2 Å². The van der Waals surface area contributed by atoms with E-state index in [9.17, 15) is 14.9 Å². The van der Waals surface area contributed by atoms with Gasteiger partial charge in [0.05, 0.1) is 0 Å². The van der Waals surface area contributed by atoms with Crippen LogP contribution in [0.3, 0.4) is 0 Å². The number of hydrogen-bond donors (Lipinski definition) is 1. The highest BCUT2D eigenvalue weighted by Crippen LogP contribution is 1.99. The molecule has 0 bridgehead atoms. The highest BCUT2D eigenvalue weighted by Gasteiger charge is 2.03. The molecule has 1 rings (SSSR count). The molecule has 0 radical (unpaired) electrons. The van der Waals surface area contributed by atoms with E-state index in [1.807, 2.05) is 18.2 Å². The number of benzene rings is 1. The Morgan fingerprint density at radius 2 is 1.88 bits per heavy atom. The van der Waals surface area contributed by atoms with Crippen LogP contribution in [0.15, 0.2) is 30.3 Å². The molecule has 5 nitrogen and oxygen atoms in total. The van der Waals surface area contributed by atoms with Gasteiger partial charge in [-0.25, -0.2) is 0 Å². The van der Waals surface area contributed by atoms with Gasteiger partial charge in [0.15, 0.2) is 0 Å². The van der Waals surface area contributed by atoms with Gasteiger partial charge in [0.25, 0.3) is 5.91 Å². The first-order chi connectivity index (χ1) is 8.20. The highest BCUT2D eigenvalue weighted by molar-refractivity contribution is 5.94. The lowest BCUT2D eigenvalue weighted by Gasteiger charge is -2.04. The summed E-state index contributed by atoms with van der Waals surface area (Å²) in [5.41, 5.74) is 0.637. The highest BCUT2D eigenvalue weighted by atomic mass is 16.6. The van der Waals surface area contributed by atoms with Crippen LogP contribution in [0.4, 0.5) is 0 Å². The third-order valence-corrected chi connectivity index (χ3v) is 2.34. The number of nitrogens with one attached hydrogen (secondary N) is 1. The van der Waals surface area contributed by atoms with Crippen molar-refractivity contribution in [1.29, 1.82) is 0 Å². The fourth-order valence-corrected chi connectivity index (χ4v) is 1.44. The van der Waals surface area contributed by atoms with E-state index in [4.69, 9.17) is 0 Å². The van der Waals surface area contributed by atoms with Crippen molar-refractivity contribution >= 4 is 5.91 Å². The number of hydrogen-bond acceptors (Lipinski definition) is 3. The van der Waals surface area contributed by atoms with Gasteiger partial charge in [0.2, 0.25) is 6.54 Å². The Labute approximate surface area is 100.0 Å². The second-order valence-corrected chi connectivity index (χ2v) is 3.74. The zero-order valence-electron chi connectivity index (χ0n) is 9.59. The molecule has 1 N–H and O–H groups in total. The number of carbonyl (C=O) groups excluding carboxylic acids is 1. The zero-order chi connectivity index (χ0) is 12.5. The molecule has 0 saturated heterocycles. The van der Waals surface area contributed by atoms with Crippen molar-refractivity contribution < 1.29 is 9.72 Å². The summed E-state index contributed by atoms with van der Waals surface area (Å²) < 4.78 is 0. The van der Waals surface area contributed by atoms with Gasteiger partial charge < -0.3 is 5.32 Å². The van der Waals surface area contributed by atoms with Crippen molar-refractivity contribution in [2.24, 2.45) is 0 Å². The van der Waals surface area contributed by atoms with Crippen LogP contribution in [0.2, 0.25) is 0 Å². The maximum Gasteiger partial charge on any atom is 0.251 e. The molecular weight excluding hydrogens is 220 g/mol. The van der Waals surface area contributed by atoms with Crippen LogP contribution >= 0.6 is 0 Å². The second kappa shape index (κ2) is 7.38. The Hall–Kier alpha value is -1.91. The van der Waals surface area contributed by atoms with Crippen molar-refractivity contribution in [3.63, 3.8) is 0 Å². The largest absolute Gasteiger partial charge is 0.352 e. The molecule has 1 aromatic rings. The molecule has 5 heteroatoms. The quantitative estimate of drug-likeness (QED) is 0.446. The average molecular weight is 236 g/mol. The molecule has 92 valence electrons. The number of amides is 1. The van der Waals surface area contributed by atoms with Gasteiger partial charge in [0, 0.05) is 23.5 Å². The fraction of sp³-hybridized carbons (Fsp3) is 0.417. The van der Waals surface area contributed by atoms with E-state index in [-0.39, 0.29) is 17.4 Å². The molecule has 1 aromatic carbocycles. The summed E-state index contributed by atoms with van der Waals surface area (Å²) in [5, 5.41) is 12.8. The number of rotatable bonds is 7. The summed E-state index contributed by atoms with van der Waals surface area (Å²) in [6, 6.07) is 8.98. The molecule has 17 heavy (non-hydrogen) atoms. The van der Waals surface area contributed by atoms with Crippen molar-refractivity contribution in [2.45, 2.75) is 19.3 Å². The molecule has 1 amide bonds. The maximum atomic E-state index is 11.6. The van der Waals surface area contributed by atoms with Crippen LogP contribution in [0.1, 0.15) is 29.6 Å². The van der Waals surface area contributed by atoms with Gasteiger partial charge in [-0.15, -0.1) is 0 Å². The molecule has 0 heterocycles. The van der Waals surface area contributed by atoms with E-state index < -0.39 is 0 Å². The normalized spacial score (nSPS) is 9.88. The van der Waals surface area contributed by atoms with Gasteiger partial charge >= 0.3 is 0 Å². The van der Waals surface area contributed by atoms with Crippen molar-refractivity contribution in [1.82, 2.24) is 5.32 Å². The Bertz CT molecular complexity index is 365. The lowest BCUT2D eigenvalue weighted by molar-refractivity contribution is -0.480. The maximum absolute atomic E-state index is 11.6. The first-order valence-electron chi connectivity index (χ1n) is 5.65. The number of carbonyl (C=O) groups is 1. The van der Waals surface area contributed by atoms with Crippen LogP contribution in [0, 0.1) is 10.1 Å². The summed E-state index contributed by atoms with van der Waals surface area (Å²) in [4.78, 5) is 21.3. The van der Waals surface area contributed by atoms with E-state index in [0.717, 1.165) is 12.8 Å². The first-order valence-corrected chi connectivity index (χ1v) is 5.65. The number of unbranched alkanes of at least 4 members (excludes halogenated alkanes) is 2. The molecule has 0 spiro atoms. The molecule has 0 aliphatic rings. The molecular formula is C12H16N2O3. The van der Waals surface area contributed by atoms with Crippen LogP contribution in [0.5, 0.6) is 0 Å². The molecule has 0 unspecified atom stereocenters. The third kappa shape index (κ3) is 5.65. The van der Waals surface area contributed by atoms with Crippen LogP contribution < -0.4 is 5.32 Å². The molecule has 0 atom stereocenters. The fourth-order valence-electron chi connectivity index (χ4n) is 1.44. The lowest BCUT2D eigenvalue weighted by Crippen LogP contribution is -2.24. The van der Waals surface area contributed by atoms with Crippen LogP contribution in [0.25, 0.3) is 0 Å². The predicted molar refractivity (Wildman–Crippen MR) is 64.5 cm³/mol. The Balaban J connectivity index is 2.11. The summed E-state index contributed by atoms with van der Waals surface area (Å²) in [7, 11) is 0. The standard InChI is InChI=1S/C12H16N2O3/c15-12(11-7-3-1-4-8-11)13-9-5-2-6-10-14(16)17/h1,3-4,7-8H,2,5-6,9-10H2,(H,13,15). The average Bonchev–Trinajstić information content (AvgIpc) is 2.34. The van der Waals surface area contributed by atoms with Crippen LogP contribution in [-0.4, -0.2) is 23.9 Å². The molecule has 0 saturated carbocycles. The van der Waals surface area contributed by atoms with Gasteiger partial charge in [-0.05, 0) is 25.0 Å². The zero-order valence-corrected chi connectivity index (χ0v) is 9.59. The number of nitro groups is 1. The van der Waals surface area contributed by atoms with Crippen molar-refractivity contribution in [2.75, 3.05) is 13.1 Å². The summed E-state index contributed by atoms with van der Waals surface area (Å²) in [6.07, 6.45) is 2.09. The summed E-state index contributed by atoms with van der Waals surface area (Å²) >= 11 is 0. The predicted octanol–water partition coefficient (Wildman–Crippen LogP) is 1.86. The van der Waals surface area contributed by atoms with Crippen LogP contribution in [-0.2, 0) is 0 Å². The van der Waals surface area contributed by atoms with E-state index in [1.165, 1.54) is 0 Å². The molecule has 0 aromatic heterocycles. The minimum Gasteiger partial charge on any atom is -0.352 e. The monoisotopic (exact) mass is 236 g/mol. The Morgan fingerprint density at radius 3 is 2.53 bits per heavy atom. The summed E-state index contributed by atoms with van der Waals surface area (Å²) in [5.74, 6) is -0.0973. The molecule has 0 fully saturated rings. The van der Waals surface area contributed by atoms with Gasteiger partial charge in [-0.1, -0.05) is 18.2 Å². The lowest BCUT2D eigenvalue weighted by atomic mass is 10.2.